The number of carboxylic acid groups (broad SMARTS) is 2. The van der Waals surface area contributed by atoms with Crippen molar-refractivity contribution in [3.05, 3.63) is 0 Å². The monoisotopic (exact) mass is 618 g/mol. The van der Waals surface area contributed by atoms with E-state index < -0.39 is 21.0 Å². The van der Waals surface area contributed by atoms with E-state index in [1.54, 1.807) is 0 Å². The van der Waals surface area contributed by atoms with Gasteiger partial charge in [-0.05, 0) is 39.5 Å². The molecule has 0 rings (SSSR count). The Morgan fingerprint density at radius 3 is 0.735 bits per heavy atom. The molecule has 0 amide bonds. The van der Waals surface area contributed by atoms with E-state index in [9.17, 15) is 0 Å². The van der Waals surface area contributed by atoms with Gasteiger partial charge in [0.15, 0.2) is 0 Å². The van der Waals surface area contributed by atoms with Crippen molar-refractivity contribution in [1.82, 2.24) is 0 Å². The molecule has 0 saturated carbocycles. The van der Waals surface area contributed by atoms with Gasteiger partial charge in [0.25, 0.3) is 0 Å². The molecule has 0 bridgehead atoms. The van der Waals surface area contributed by atoms with Crippen LogP contribution in [-0.2, 0) is 27.3 Å². The fourth-order valence-corrected chi connectivity index (χ4v) is 3.47. The molecule has 0 aromatic rings. The smallest absolute Gasteiger partial charge is 0.550 e. The molecule has 0 aliphatic rings. The molecule has 0 spiro atoms. The Bertz CT molecular complexity index is 309. The molecule has 0 aromatic heterocycles. The summed E-state index contributed by atoms with van der Waals surface area (Å²) < 4.78 is 23.0. The van der Waals surface area contributed by atoms with Crippen molar-refractivity contribution in [2.24, 2.45) is 0 Å². The van der Waals surface area contributed by atoms with E-state index in [1.807, 2.05) is 0 Å². The van der Waals surface area contributed by atoms with Crippen molar-refractivity contribution < 1.29 is 37.5 Å². The van der Waals surface area contributed by atoms with Crippen LogP contribution in [0.1, 0.15) is 121 Å². The number of carboxylic acids is 2. The van der Waals surface area contributed by atoms with Gasteiger partial charge in [0, 0.05) is 38.4 Å². The van der Waals surface area contributed by atoms with Crippen LogP contribution in [0, 0.1) is 0 Å². The standard InChI is InChI=1S/C12H28O4Si.2C4H10.2C2H4O2.Sn/c1-5-9-13-17(14-10-6-2,15-11-7-3)16-12-8-4;2*1-3-4-2;2*1-2(3)4;/h5-12H2,1-4H3;2*3-4H2,1-2H3;2*1H3,(H,3,4);/q;;;;;+2/p-2. The minimum Gasteiger partial charge on any atom is -0.550 e. The Balaban J connectivity index is -0.0000000939. The second kappa shape index (κ2) is 42.9. The fourth-order valence-electron chi connectivity index (χ4n) is 1.16. The van der Waals surface area contributed by atoms with Crippen LogP contribution >= 0.6 is 0 Å². The van der Waals surface area contributed by atoms with Crippen molar-refractivity contribution >= 4 is 44.9 Å². The molecule has 10 heteroatoms. The molecule has 8 nitrogen and oxygen atoms in total. The van der Waals surface area contributed by atoms with Gasteiger partial charge in [-0.2, -0.15) is 0 Å². The average molecular weight is 617 g/mol. The molecule has 0 atom stereocenters. The average Bonchev–Trinajstić information content (AvgIpc) is 2.77. The zero-order valence-corrected chi connectivity index (χ0v) is 27.6. The Kier molecular flexibility index (Phi) is 59.4. The van der Waals surface area contributed by atoms with E-state index in [0.29, 0.717) is 26.4 Å². The van der Waals surface area contributed by atoms with Gasteiger partial charge in [-0.25, -0.2) is 0 Å². The van der Waals surface area contributed by atoms with Crippen LogP contribution in [0.15, 0.2) is 0 Å². The van der Waals surface area contributed by atoms with Crippen LogP contribution in [0.25, 0.3) is 0 Å². The molecule has 0 unspecified atom stereocenters. The molecule has 0 aliphatic carbocycles. The molecule has 0 saturated heterocycles. The number of rotatable bonds is 14. The zero-order chi connectivity index (χ0) is 27.0. The first kappa shape index (κ1) is 47.0. The Hall–Kier alpha value is -0.204. The minimum absolute atomic E-state index is 0. The molecule has 0 fully saturated rings. The predicted molar refractivity (Wildman–Crippen MR) is 139 cm³/mol. The number of aliphatic carboxylic acids is 2. The van der Waals surface area contributed by atoms with Gasteiger partial charge in [-0.3, -0.25) is 0 Å². The number of hydrogen-bond donors (Lipinski definition) is 0. The number of carbonyl (C=O) groups excluding carboxylic acids is 2. The van der Waals surface area contributed by atoms with Gasteiger partial charge in [0.05, 0.1) is 0 Å². The van der Waals surface area contributed by atoms with E-state index in [0.717, 1.165) is 39.5 Å². The van der Waals surface area contributed by atoms with Crippen LogP contribution in [-0.4, -0.2) is 71.3 Å². The number of carbonyl (C=O) groups is 2. The second-order valence-electron chi connectivity index (χ2n) is 6.88. The van der Waals surface area contributed by atoms with Crippen molar-refractivity contribution in [3.63, 3.8) is 0 Å². The van der Waals surface area contributed by atoms with Crippen molar-refractivity contribution in [3.8, 4) is 0 Å². The van der Waals surface area contributed by atoms with Crippen LogP contribution in [0.4, 0.5) is 0 Å². The third-order valence-corrected chi connectivity index (χ3v) is 5.16. The van der Waals surface area contributed by atoms with Gasteiger partial charge in [-0.1, -0.05) is 81.1 Å². The van der Waals surface area contributed by atoms with Crippen molar-refractivity contribution in [2.75, 3.05) is 26.4 Å². The van der Waals surface area contributed by atoms with E-state index in [-0.39, 0.29) is 23.9 Å². The van der Waals surface area contributed by atoms with E-state index in [1.165, 1.54) is 25.7 Å². The quantitative estimate of drug-likeness (QED) is 0.270. The molecule has 0 N–H and O–H groups in total. The SMILES string of the molecule is CC(=O)[O-].CC(=O)[O-].CCCC.CCCC.CCCO[Si](OCCC)(OCCC)OCCC.[Sn+2]. The first-order chi connectivity index (χ1) is 15.5. The summed E-state index contributed by atoms with van der Waals surface area (Å²) in [6, 6.07) is 0. The summed E-state index contributed by atoms with van der Waals surface area (Å²) in [6.45, 7) is 21.5. The topological polar surface area (TPSA) is 117 Å². The molecule has 206 valence electrons. The predicted octanol–water partition coefficient (Wildman–Crippen LogP) is 3.87. The molecule has 0 heterocycles. The Labute approximate surface area is 228 Å². The summed E-state index contributed by atoms with van der Waals surface area (Å²) in [5.74, 6) is -2.17. The van der Waals surface area contributed by atoms with Gasteiger partial charge in [-0.15, -0.1) is 0 Å². The van der Waals surface area contributed by atoms with Gasteiger partial charge >= 0.3 is 33.0 Å². The largest absolute Gasteiger partial charge is 2.00 e. The number of hydrogen-bond acceptors (Lipinski definition) is 8. The molecular formula is C24H54O8SiSn. The first-order valence-electron chi connectivity index (χ1n) is 12.4. The van der Waals surface area contributed by atoms with Crippen molar-refractivity contribution in [2.45, 2.75) is 121 Å². The maximum Gasteiger partial charge on any atom is 2.00 e. The van der Waals surface area contributed by atoms with Crippen LogP contribution < -0.4 is 10.2 Å². The fraction of sp³-hybridized carbons (Fsp3) is 0.917. The third-order valence-electron chi connectivity index (χ3n) is 2.93. The summed E-state index contributed by atoms with van der Waals surface area (Å²) >= 11 is 0. The first-order valence-corrected chi connectivity index (χ1v) is 14.1. The number of unbranched alkanes of at least 4 members (excludes halogenated alkanes) is 2. The third kappa shape index (κ3) is 63.5. The summed E-state index contributed by atoms with van der Waals surface area (Å²) in [5.41, 5.74) is 0. The van der Waals surface area contributed by atoms with E-state index in [4.69, 9.17) is 37.5 Å². The van der Waals surface area contributed by atoms with Crippen LogP contribution in [0.2, 0.25) is 0 Å². The Morgan fingerprint density at radius 1 is 0.500 bits per heavy atom. The minimum atomic E-state index is -2.88. The summed E-state index contributed by atoms with van der Waals surface area (Å²) in [6.07, 6.45) is 9.04. The summed E-state index contributed by atoms with van der Waals surface area (Å²) in [7, 11) is -2.88. The maximum atomic E-state index is 8.89. The second-order valence-corrected chi connectivity index (χ2v) is 9.03. The zero-order valence-electron chi connectivity index (χ0n) is 23.8. The van der Waals surface area contributed by atoms with E-state index in [2.05, 4.69) is 55.4 Å². The molecule has 0 aromatic carbocycles. The van der Waals surface area contributed by atoms with Gasteiger partial charge in [0.1, 0.15) is 0 Å². The van der Waals surface area contributed by atoms with Crippen molar-refractivity contribution in [1.29, 1.82) is 0 Å². The van der Waals surface area contributed by atoms with Crippen LogP contribution in [0.5, 0.6) is 0 Å². The molecular weight excluding hydrogens is 563 g/mol. The Morgan fingerprint density at radius 2 is 0.647 bits per heavy atom. The maximum absolute atomic E-state index is 8.89. The van der Waals surface area contributed by atoms with Crippen LogP contribution in [0.3, 0.4) is 0 Å². The van der Waals surface area contributed by atoms with E-state index >= 15 is 0 Å². The molecule has 0 aliphatic heterocycles. The van der Waals surface area contributed by atoms with Gasteiger partial charge in [0.2, 0.25) is 0 Å². The molecule has 2 radical (unpaired) electrons. The summed E-state index contributed by atoms with van der Waals surface area (Å²) in [4.78, 5) is 17.8. The summed E-state index contributed by atoms with van der Waals surface area (Å²) in [5, 5.41) is 17.8. The normalized spacial score (nSPS) is 9.24. The van der Waals surface area contributed by atoms with Gasteiger partial charge < -0.3 is 37.5 Å². The molecule has 34 heavy (non-hydrogen) atoms.